The summed E-state index contributed by atoms with van der Waals surface area (Å²) in [5, 5.41) is 4.33. The van der Waals surface area contributed by atoms with Crippen LogP contribution in [0, 0.1) is 5.92 Å². The molecule has 0 bridgehead atoms. The lowest BCUT2D eigenvalue weighted by atomic mass is 10.2. The maximum absolute atomic E-state index is 12.2. The summed E-state index contributed by atoms with van der Waals surface area (Å²) in [6.45, 7) is 0. The van der Waals surface area contributed by atoms with Crippen LogP contribution in [0.3, 0.4) is 0 Å². The first-order valence-electron chi connectivity index (χ1n) is 5.62. The van der Waals surface area contributed by atoms with Gasteiger partial charge in [-0.1, -0.05) is 23.2 Å². The second kappa shape index (κ2) is 5.70. The molecule has 1 aromatic rings. The van der Waals surface area contributed by atoms with Gasteiger partial charge in [0.15, 0.2) is 0 Å². The van der Waals surface area contributed by atoms with Crippen LogP contribution in [-0.4, -0.2) is 23.1 Å². The van der Waals surface area contributed by atoms with Gasteiger partial charge in [-0.05, 0) is 44.0 Å². The van der Waals surface area contributed by atoms with Crippen molar-refractivity contribution in [3.05, 3.63) is 28.2 Å². The minimum atomic E-state index is -1.09. The summed E-state index contributed by atoms with van der Waals surface area (Å²) in [7, 11) is 0.822. The third kappa shape index (κ3) is 3.44. The highest BCUT2D eigenvalue weighted by Crippen LogP contribution is 2.34. The van der Waals surface area contributed by atoms with E-state index >= 15 is 0 Å². The molecular weight excluding hydrogens is 277 g/mol. The summed E-state index contributed by atoms with van der Waals surface area (Å²) < 4.78 is 12.2. The van der Waals surface area contributed by atoms with Crippen molar-refractivity contribution in [1.82, 2.24) is 5.32 Å². The highest BCUT2D eigenvalue weighted by atomic mass is 35.5. The molecule has 1 aromatic carbocycles. The molecule has 0 saturated heterocycles. The van der Waals surface area contributed by atoms with Gasteiger partial charge in [-0.3, -0.25) is 4.21 Å². The lowest BCUT2D eigenvalue weighted by Gasteiger charge is -2.15. The largest absolute Gasteiger partial charge is 0.316 e. The van der Waals surface area contributed by atoms with Gasteiger partial charge in [0.2, 0.25) is 0 Å². The van der Waals surface area contributed by atoms with Crippen molar-refractivity contribution in [2.45, 2.75) is 23.8 Å². The quantitative estimate of drug-likeness (QED) is 0.903. The van der Waals surface area contributed by atoms with E-state index in [1.54, 1.807) is 18.2 Å². The van der Waals surface area contributed by atoms with Crippen LogP contribution < -0.4 is 5.32 Å². The van der Waals surface area contributed by atoms with E-state index < -0.39 is 10.8 Å². The first-order valence-corrected chi connectivity index (χ1v) is 7.70. The van der Waals surface area contributed by atoms with Crippen LogP contribution in [0.4, 0.5) is 0 Å². The van der Waals surface area contributed by atoms with Crippen molar-refractivity contribution in [1.29, 1.82) is 0 Å². The van der Waals surface area contributed by atoms with Gasteiger partial charge in [-0.25, -0.2) is 0 Å². The smallest absolute Gasteiger partial charge is 0.0589 e. The minimum absolute atomic E-state index is 0.311. The van der Waals surface area contributed by atoms with E-state index in [2.05, 4.69) is 5.32 Å². The molecule has 0 heterocycles. The summed E-state index contributed by atoms with van der Waals surface area (Å²) in [5.74, 6) is 1.27. The van der Waals surface area contributed by atoms with Gasteiger partial charge in [0, 0.05) is 16.8 Å². The fourth-order valence-electron chi connectivity index (χ4n) is 1.86. The van der Waals surface area contributed by atoms with Crippen LogP contribution in [-0.2, 0) is 10.8 Å². The maximum Gasteiger partial charge on any atom is 0.0589 e. The Morgan fingerprint density at radius 3 is 2.76 bits per heavy atom. The van der Waals surface area contributed by atoms with E-state index in [1.165, 1.54) is 12.8 Å². The van der Waals surface area contributed by atoms with Crippen molar-refractivity contribution in [3.8, 4) is 0 Å². The predicted octanol–water partition coefficient (Wildman–Crippen LogP) is 3.10. The molecule has 1 saturated carbocycles. The molecule has 0 radical (unpaired) electrons. The molecule has 0 aromatic heterocycles. The molecule has 1 aliphatic carbocycles. The highest BCUT2D eigenvalue weighted by molar-refractivity contribution is 7.85. The lowest BCUT2D eigenvalue weighted by molar-refractivity contribution is 0.546. The number of hydrogen-bond donors (Lipinski definition) is 1. The Hall–Kier alpha value is -0.0900. The number of halogens is 2. The standard InChI is InChI=1S/C12H15Cl2NOS/c1-15-11(8-2-3-8)7-17(16)12-6-9(13)4-5-10(12)14/h4-6,8,11,15H,2-3,7H2,1H3. The molecule has 0 amide bonds. The molecule has 2 nitrogen and oxygen atoms in total. The van der Waals surface area contributed by atoms with Crippen LogP contribution in [0.25, 0.3) is 0 Å². The molecule has 2 rings (SSSR count). The van der Waals surface area contributed by atoms with E-state index in [4.69, 9.17) is 23.2 Å². The van der Waals surface area contributed by atoms with Gasteiger partial charge in [-0.15, -0.1) is 0 Å². The van der Waals surface area contributed by atoms with Gasteiger partial charge in [-0.2, -0.15) is 0 Å². The number of benzene rings is 1. The van der Waals surface area contributed by atoms with Gasteiger partial charge < -0.3 is 5.32 Å². The molecule has 17 heavy (non-hydrogen) atoms. The Morgan fingerprint density at radius 2 is 2.18 bits per heavy atom. The van der Waals surface area contributed by atoms with Gasteiger partial charge >= 0.3 is 0 Å². The monoisotopic (exact) mass is 291 g/mol. The molecule has 0 spiro atoms. The number of rotatable bonds is 5. The van der Waals surface area contributed by atoms with Crippen LogP contribution in [0.5, 0.6) is 0 Å². The molecule has 1 aliphatic rings. The predicted molar refractivity (Wildman–Crippen MR) is 73.3 cm³/mol. The lowest BCUT2D eigenvalue weighted by Crippen LogP contribution is -2.33. The Kier molecular flexibility index (Phi) is 4.47. The average Bonchev–Trinajstić information content (AvgIpc) is 3.13. The SMILES string of the molecule is CNC(CS(=O)c1cc(Cl)ccc1Cl)C1CC1. The third-order valence-corrected chi connectivity index (χ3v) is 5.20. The Bertz CT molecular complexity index is 435. The zero-order valence-electron chi connectivity index (χ0n) is 9.58. The van der Waals surface area contributed by atoms with Crippen molar-refractivity contribution >= 4 is 34.0 Å². The molecule has 1 fully saturated rings. The fourth-order valence-corrected chi connectivity index (χ4v) is 3.96. The summed E-state index contributed by atoms with van der Waals surface area (Å²) in [4.78, 5) is 0.639. The van der Waals surface area contributed by atoms with E-state index in [9.17, 15) is 4.21 Å². The van der Waals surface area contributed by atoms with E-state index in [0.29, 0.717) is 32.7 Å². The Labute approximate surface area is 114 Å². The highest BCUT2D eigenvalue weighted by Gasteiger charge is 2.31. The van der Waals surface area contributed by atoms with Gasteiger partial charge in [0.1, 0.15) is 0 Å². The van der Waals surface area contributed by atoms with Crippen molar-refractivity contribution < 1.29 is 4.21 Å². The third-order valence-electron chi connectivity index (χ3n) is 3.03. The zero-order valence-corrected chi connectivity index (χ0v) is 11.9. The Balaban J connectivity index is 2.10. The Morgan fingerprint density at radius 1 is 1.47 bits per heavy atom. The second-order valence-electron chi connectivity index (χ2n) is 4.32. The summed E-state index contributed by atoms with van der Waals surface area (Å²) in [5.41, 5.74) is 0. The first kappa shape index (κ1) is 13.3. The van der Waals surface area contributed by atoms with Crippen LogP contribution in [0.2, 0.25) is 10.0 Å². The van der Waals surface area contributed by atoms with Crippen molar-refractivity contribution in [3.63, 3.8) is 0 Å². The second-order valence-corrected chi connectivity index (χ2v) is 6.63. The zero-order chi connectivity index (χ0) is 12.4. The minimum Gasteiger partial charge on any atom is -0.316 e. The molecule has 2 atom stereocenters. The van der Waals surface area contributed by atoms with Gasteiger partial charge in [0.05, 0.1) is 20.7 Å². The van der Waals surface area contributed by atoms with Crippen molar-refractivity contribution in [2.75, 3.05) is 12.8 Å². The summed E-state index contributed by atoms with van der Waals surface area (Å²) in [6.07, 6.45) is 2.46. The molecule has 2 unspecified atom stereocenters. The maximum atomic E-state index is 12.2. The summed E-state index contributed by atoms with van der Waals surface area (Å²) >= 11 is 11.9. The van der Waals surface area contributed by atoms with Crippen LogP contribution in [0.15, 0.2) is 23.1 Å². The van der Waals surface area contributed by atoms with Gasteiger partial charge in [0.25, 0.3) is 0 Å². The van der Waals surface area contributed by atoms with Crippen molar-refractivity contribution in [2.24, 2.45) is 5.92 Å². The molecule has 5 heteroatoms. The molecule has 94 valence electrons. The van der Waals surface area contributed by atoms with E-state index in [1.807, 2.05) is 7.05 Å². The average molecular weight is 292 g/mol. The van der Waals surface area contributed by atoms with E-state index in [-0.39, 0.29) is 0 Å². The van der Waals surface area contributed by atoms with Crippen LogP contribution in [0.1, 0.15) is 12.8 Å². The molecule has 0 aliphatic heterocycles. The normalized spacial score (nSPS) is 19.0. The molecule has 1 N–H and O–H groups in total. The summed E-state index contributed by atoms with van der Waals surface area (Å²) in [6, 6.07) is 5.41. The topological polar surface area (TPSA) is 29.1 Å². The first-order chi connectivity index (χ1) is 8.11. The number of hydrogen-bond acceptors (Lipinski definition) is 2. The molecular formula is C12H15Cl2NOS. The van der Waals surface area contributed by atoms with Crippen LogP contribution >= 0.6 is 23.2 Å². The fraction of sp³-hybridized carbons (Fsp3) is 0.500. The number of nitrogens with one attached hydrogen (secondary N) is 1. The van der Waals surface area contributed by atoms with E-state index in [0.717, 1.165) is 0 Å².